The molecule has 1 aromatic heterocycles. The summed E-state index contributed by atoms with van der Waals surface area (Å²) in [5, 5.41) is 0.798. The molecule has 6 heteroatoms. The Bertz CT molecular complexity index is 1160. The van der Waals surface area contributed by atoms with Gasteiger partial charge in [-0.3, -0.25) is 9.36 Å². The predicted octanol–water partition coefficient (Wildman–Crippen LogP) is 5.17. The van der Waals surface area contributed by atoms with Gasteiger partial charge in [-0.25, -0.2) is 4.98 Å². The third-order valence-corrected chi connectivity index (χ3v) is 5.87. The molecule has 31 heavy (non-hydrogen) atoms. The fourth-order valence-corrected chi connectivity index (χ4v) is 4.36. The van der Waals surface area contributed by atoms with Crippen molar-refractivity contribution >= 4 is 28.7 Å². The fraction of sp³-hybridized carbons (Fsp3) is 0.200. The quantitative estimate of drug-likeness (QED) is 0.361. The summed E-state index contributed by atoms with van der Waals surface area (Å²) in [7, 11) is 1.84. The number of carbonyl (C=O) groups is 1. The summed E-state index contributed by atoms with van der Waals surface area (Å²) in [5.41, 5.74) is 4.03. The van der Waals surface area contributed by atoms with Crippen LogP contribution in [0.2, 0.25) is 0 Å². The van der Waals surface area contributed by atoms with Crippen molar-refractivity contribution in [1.29, 1.82) is 0 Å². The number of nitrogens with zero attached hydrogens (tertiary/aromatic N) is 3. The number of amides is 1. The van der Waals surface area contributed by atoms with E-state index in [-0.39, 0.29) is 5.91 Å². The van der Waals surface area contributed by atoms with Crippen LogP contribution in [0.3, 0.4) is 0 Å². The average Bonchev–Trinajstić information content (AvgIpc) is 3.17. The van der Waals surface area contributed by atoms with Crippen molar-refractivity contribution < 1.29 is 9.53 Å². The standard InChI is InChI=1S/C25H25N3O2S/c1-3-30-21-15-13-20(14-16-21)28-23-12-8-7-11-22(23)26-25(28)31-18-24(29)27(2)17-19-9-5-4-6-10-19/h4-16H,3,17-18H2,1-2H3. The molecule has 0 atom stereocenters. The van der Waals surface area contributed by atoms with E-state index in [1.165, 1.54) is 11.8 Å². The zero-order valence-electron chi connectivity index (χ0n) is 17.7. The van der Waals surface area contributed by atoms with E-state index in [1.54, 1.807) is 4.90 Å². The van der Waals surface area contributed by atoms with Gasteiger partial charge in [0.2, 0.25) is 5.91 Å². The molecule has 0 saturated heterocycles. The molecule has 0 bridgehead atoms. The van der Waals surface area contributed by atoms with Gasteiger partial charge in [0.1, 0.15) is 5.75 Å². The lowest BCUT2D eigenvalue weighted by Gasteiger charge is -2.17. The number of hydrogen-bond donors (Lipinski definition) is 0. The number of hydrogen-bond acceptors (Lipinski definition) is 4. The number of thioether (sulfide) groups is 1. The zero-order valence-corrected chi connectivity index (χ0v) is 18.5. The van der Waals surface area contributed by atoms with Crippen molar-refractivity contribution in [3.63, 3.8) is 0 Å². The molecule has 0 unspecified atom stereocenters. The Labute approximate surface area is 186 Å². The van der Waals surface area contributed by atoms with Gasteiger partial charge in [-0.2, -0.15) is 0 Å². The van der Waals surface area contributed by atoms with E-state index in [4.69, 9.17) is 9.72 Å². The molecule has 0 saturated carbocycles. The number of fused-ring (bicyclic) bond motifs is 1. The van der Waals surface area contributed by atoms with E-state index in [0.29, 0.717) is 18.9 Å². The maximum absolute atomic E-state index is 12.8. The van der Waals surface area contributed by atoms with Crippen LogP contribution in [0, 0.1) is 0 Å². The van der Waals surface area contributed by atoms with Crippen molar-refractivity contribution in [2.24, 2.45) is 0 Å². The molecule has 158 valence electrons. The van der Waals surface area contributed by atoms with Crippen molar-refractivity contribution in [3.8, 4) is 11.4 Å². The molecular formula is C25H25N3O2S. The highest BCUT2D eigenvalue weighted by Crippen LogP contribution is 2.29. The van der Waals surface area contributed by atoms with Crippen LogP contribution in [0.1, 0.15) is 12.5 Å². The number of ether oxygens (including phenoxy) is 1. The van der Waals surface area contributed by atoms with Crippen molar-refractivity contribution in [2.75, 3.05) is 19.4 Å². The summed E-state index contributed by atoms with van der Waals surface area (Å²) < 4.78 is 7.67. The fourth-order valence-electron chi connectivity index (χ4n) is 3.39. The van der Waals surface area contributed by atoms with E-state index >= 15 is 0 Å². The first-order chi connectivity index (χ1) is 15.2. The third kappa shape index (κ3) is 4.91. The Balaban J connectivity index is 1.54. The maximum atomic E-state index is 12.8. The number of aromatic nitrogens is 2. The number of rotatable bonds is 8. The second-order valence-electron chi connectivity index (χ2n) is 7.17. The Morgan fingerprint density at radius 1 is 1.00 bits per heavy atom. The average molecular weight is 432 g/mol. The maximum Gasteiger partial charge on any atom is 0.233 e. The summed E-state index contributed by atoms with van der Waals surface area (Å²) in [5.74, 6) is 1.23. The lowest BCUT2D eigenvalue weighted by atomic mass is 10.2. The lowest BCUT2D eigenvalue weighted by Crippen LogP contribution is -2.27. The monoisotopic (exact) mass is 431 g/mol. The Morgan fingerprint density at radius 2 is 1.71 bits per heavy atom. The van der Waals surface area contributed by atoms with Crippen LogP contribution in [-0.4, -0.2) is 39.8 Å². The molecule has 0 N–H and O–H groups in total. The van der Waals surface area contributed by atoms with Crippen molar-refractivity contribution in [2.45, 2.75) is 18.6 Å². The first-order valence-corrected chi connectivity index (χ1v) is 11.3. The van der Waals surface area contributed by atoms with E-state index < -0.39 is 0 Å². The third-order valence-electron chi connectivity index (χ3n) is 4.95. The number of para-hydroxylation sites is 2. The van der Waals surface area contributed by atoms with Crippen LogP contribution in [0.15, 0.2) is 84.0 Å². The van der Waals surface area contributed by atoms with Crippen LogP contribution < -0.4 is 4.74 Å². The lowest BCUT2D eigenvalue weighted by molar-refractivity contribution is -0.127. The first-order valence-electron chi connectivity index (χ1n) is 10.3. The van der Waals surface area contributed by atoms with Gasteiger partial charge >= 0.3 is 0 Å². The summed E-state index contributed by atoms with van der Waals surface area (Å²) in [6.45, 7) is 3.19. The van der Waals surface area contributed by atoms with Gasteiger partial charge in [-0.15, -0.1) is 0 Å². The smallest absolute Gasteiger partial charge is 0.233 e. The Kier molecular flexibility index (Phi) is 6.57. The van der Waals surface area contributed by atoms with E-state index in [1.807, 2.05) is 92.8 Å². The molecule has 4 aromatic rings. The normalized spacial score (nSPS) is 10.9. The van der Waals surface area contributed by atoms with Gasteiger partial charge in [0.05, 0.1) is 23.4 Å². The molecule has 0 spiro atoms. The first kappa shape index (κ1) is 21.0. The molecule has 1 heterocycles. The van der Waals surface area contributed by atoms with Gasteiger partial charge in [-0.05, 0) is 48.9 Å². The van der Waals surface area contributed by atoms with Crippen molar-refractivity contribution in [3.05, 3.63) is 84.4 Å². The van der Waals surface area contributed by atoms with E-state index in [0.717, 1.165) is 33.2 Å². The number of benzene rings is 3. The van der Waals surface area contributed by atoms with Crippen LogP contribution in [0.4, 0.5) is 0 Å². The molecule has 4 rings (SSSR count). The largest absolute Gasteiger partial charge is 0.494 e. The SMILES string of the molecule is CCOc1ccc(-n2c(SCC(=O)N(C)Cc3ccccc3)nc3ccccc32)cc1. The van der Waals surface area contributed by atoms with Crippen LogP contribution in [0.5, 0.6) is 5.75 Å². The van der Waals surface area contributed by atoms with Gasteiger partial charge in [-0.1, -0.05) is 54.2 Å². The van der Waals surface area contributed by atoms with Crippen LogP contribution in [0.25, 0.3) is 16.7 Å². The van der Waals surface area contributed by atoms with Gasteiger partial charge < -0.3 is 9.64 Å². The Morgan fingerprint density at radius 3 is 2.45 bits per heavy atom. The molecule has 3 aromatic carbocycles. The van der Waals surface area contributed by atoms with Crippen molar-refractivity contribution in [1.82, 2.24) is 14.5 Å². The minimum absolute atomic E-state index is 0.0687. The number of carbonyl (C=O) groups excluding carboxylic acids is 1. The molecule has 1 amide bonds. The Hall–Kier alpha value is -3.25. The van der Waals surface area contributed by atoms with Gasteiger partial charge in [0, 0.05) is 19.3 Å². The van der Waals surface area contributed by atoms with E-state index in [2.05, 4.69) is 4.57 Å². The zero-order chi connectivity index (χ0) is 21.6. The molecular weight excluding hydrogens is 406 g/mol. The molecule has 5 nitrogen and oxygen atoms in total. The topological polar surface area (TPSA) is 47.4 Å². The van der Waals surface area contributed by atoms with Crippen LogP contribution >= 0.6 is 11.8 Å². The summed E-state index contributed by atoms with van der Waals surface area (Å²) in [6, 6.07) is 26.0. The van der Waals surface area contributed by atoms with Gasteiger partial charge in [0.25, 0.3) is 0 Å². The van der Waals surface area contributed by atoms with Gasteiger partial charge in [0.15, 0.2) is 5.16 Å². The molecule has 0 aliphatic heterocycles. The highest BCUT2D eigenvalue weighted by atomic mass is 32.2. The summed E-state index contributed by atoms with van der Waals surface area (Å²) in [6.07, 6.45) is 0. The summed E-state index contributed by atoms with van der Waals surface area (Å²) in [4.78, 5) is 19.3. The minimum atomic E-state index is 0.0687. The van der Waals surface area contributed by atoms with Crippen LogP contribution in [-0.2, 0) is 11.3 Å². The minimum Gasteiger partial charge on any atom is -0.494 e. The summed E-state index contributed by atoms with van der Waals surface area (Å²) >= 11 is 1.46. The molecule has 0 radical (unpaired) electrons. The molecule has 0 aliphatic carbocycles. The second-order valence-corrected chi connectivity index (χ2v) is 8.11. The van der Waals surface area contributed by atoms with E-state index in [9.17, 15) is 4.79 Å². The molecule has 0 aliphatic rings. The second kappa shape index (κ2) is 9.71. The number of imidazole rings is 1. The highest BCUT2D eigenvalue weighted by Gasteiger charge is 2.16. The predicted molar refractivity (Wildman–Crippen MR) is 126 cm³/mol. The highest BCUT2D eigenvalue weighted by molar-refractivity contribution is 7.99. The molecule has 0 fully saturated rings.